The summed E-state index contributed by atoms with van der Waals surface area (Å²) in [5.74, 6) is 0.737. The van der Waals surface area contributed by atoms with Crippen molar-refractivity contribution < 1.29 is 9.59 Å². The van der Waals surface area contributed by atoms with Crippen LogP contribution in [0, 0.1) is 5.92 Å². The Labute approximate surface area is 152 Å². The Hall–Kier alpha value is -2.02. The van der Waals surface area contributed by atoms with Crippen molar-refractivity contribution in [2.24, 2.45) is 5.92 Å². The molecular formula is C17H24ClN5O2. The smallest absolute Gasteiger partial charge is 0.318 e. The normalized spacial score (nSPS) is 23.8. The van der Waals surface area contributed by atoms with Crippen LogP contribution in [-0.2, 0) is 4.79 Å². The molecule has 25 heavy (non-hydrogen) atoms. The fourth-order valence-corrected chi connectivity index (χ4v) is 3.75. The highest BCUT2D eigenvalue weighted by molar-refractivity contribution is 6.32. The van der Waals surface area contributed by atoms with Crippen molar-refractivity contribution in [3.05, 3.63) is 23.4 Å². The van der Waals surface area contributed by atoms with Crippen LogP contribution >= 0.6 is 11.6 Å². The summed E-state index contributed by atoms with van der Waals surface area (Å²) >= 11 is 6.21. The number of anilines is 1. The predicted octanol–water partition coefficient (Wildman–Crippen LogP) is 1.48. The van der Waals surface area contributed by atoms with Crippen molar-refractivity contribution in [2.75, 3.05) is 31.1 Å². The number of piperazine rings is 1. The highest BCUT2D eigenvalue weighted by atomic mass is 35.5. The van der Waals surface area contributed by atoms with Gasteiger partial charge in [-0.3, -0.25) is 4.79 Å². The largest absolute Gasteiger partial charge is 0.353 e. The standard InChI is InChI=1S/C17H24ClN5O2/c1-11(2)14-16(24)20-7-9-23(14)17(25)21-12-5-8-22(10-12)15-13(18)4-3-6-19-15/h3-4,6,11-12,14H,5,7-10H2,1-2H3,(H,20,24)(H,21,25)/t12-,14+/m0/s1. The number of halogens is 1. The van der Waals surface area contributed by atoms with Crippen LogP contribution < -0.4 is 15.5 Å². The minimum absolute atomic E-state index is 0.0170. The summed E-state index contributed by atoms with van der Waals surface area (Å²) in [6.45, 7) is 6.38. The molecule has 0 unspecified atom stereocenters. The van der Waals surface area contributed by atoms with Gasteiger partial charge in [-0.15, -0.1) is 0 Å². The summed E-state index contributed by atoms with van der Waals surface area (Å²) in [4.78, 5) is 32.9. The number of carbonyl (C=O) groups excluding carboxylic acids is 2. The van der Waals surface area contributed by atoms with Crippen LogP contribution in [0.2, 0.25) is 5.02 Å². The zero-order valence-electron chi connectivity index (χ0n) is 14.5. The van der Waals surface area contributed by atoms with E-state index in [2.05, 4.69) is 20.5 Å². The molecule has 8 heteroatoms. The van der Waals surface area contributed by atoms with Gasteiger partial charge in [0.05, 0.1) is 5.02 Å². The number of pyridine rings is 1. The molecule has 3 rings (SSSR count). The van der Waals surface area contributed by atoms with Crippen LogP contribution in [0.15, 0.2) is 18.3 Å². The fraction of sp³-hybridized carbons (Fsp3) is 0.588. The first kappa shape index (κ1) is 17.8. The average molecular weight is 366 g/mol. The summed E-state index contributed by atoms with van der Waals surface area (Å²) in [5.41, 5.74) is 0. The second-order valence-corrected chi connectivity index (χ2v) is 7.27. The third-order valence-corrected chi connectivity index (χ3v) is 5.00. The maximum absolute atomic E-state index is 12.7. The first-order chi connectivity index (χ1) is 12.0. The van der Waals surface area contributed by atoms with Gasteiger partial charge in [0.25, 0.3) is 0 Å². The van der Waals surface area contributed by atoms with Crippen LogP contribution in [0.4, 0.5) is 10.6 Å². The van der Waals surface area contributed by atoms with E-state index in [1.807, 2.05) is 19.9 Å². The maximum Gasteiger partial charge on any atom is 0.318 e. The molecule has 0 saturated carbocycles. The lowest BCUT2D eigenvalue weighted by Crippen LogP contribution is -2.62. The summed E-state index contributed by atoms with van der Waals surface area (Å²) in [7, 11) is 0. The second-order valence-electron chi connectivity index (χ2n) is 6.86. The first-order valence-electron chi connectivity index (χ1n) is 8.67. The van der Waals surface area contributed by atoms with E-state index in [4.69, 9.17) is 11.6 Å². The molecule has 2 saturated heterocycles. The maximum atomic E-state index is 12.7. The zero-order chi connectivity index (χ0) is 18.0. The van der Waals surface area contributed by atoms with Crippen LogP contribution in [0.3, 0.4) is 0 Å². The minimum atomic E-state index is -0.420. The van der Waals surface area contributed by atoms with Crippen molar-refractivity contribution in [3.8, 4) is 0 Å². The second kappa shape index (κ2) is 7.47. The monoisotopic (exact) mass is 365 g/mol. The number of urea groups is 1. The summed E-state index contributed by atoms with van der Waals surface area (Å²) < 4.78 is 0. The van der Waals surface area contributed by atoms with Gasteiger partial charge in [0.2, 0.25) is 5.91 Å². The Morgan fingerprint density at radius 1 is 1.44 bits per heavy atom. The van der Waals surface area contributed by atoms with Gasteiger partial charge in [-0.1, -0.05) is 25.4 Å². The summed E-state index contributed by atoms with van der Waals surface area (Å²) in [6, 6.07) is 3.04. The molecule has 2 fully saturated rings. The Kier molecular flexibility index (Phi) is 5.32. The molecule has 3 amide bonds. The number of hydrogen-bond donors (Lipinski definition) is 2. The van der Waals surface area contributed by atoms with E-state index in [0.717, 1.165) is 18.8 Å². The topological polar surface area (TPSA) is 77.6 Å². The van der Waals surface area contributed by atoms with Crippen molar-refractivity contribution in [1.29, 1.82) is 0 Å². The first-order valence-corrected chi connectivity index (χ1v) is 9.05. The molecule has 7 nitrogen and oxygen atoms in total. The molecule has 0 aromatic carbocycles. The van der Waals surface area contributed by atoms with Gasteiger partial charge in [0.1, 0.15) is 11.9 Å². The molecule has 2 aliphatic heterocycles. The molecule has 1 aromatic rings. The van der Waals surface area contributed by atoms with Gasteiger partial charge >= 0.3 is 6.03 Å². The third kappa shape index (κ3) is 3.81. The number of aromatic nitrogens is 1. The molecule has 0 radical (unpaired) electrons. The molecule has 2 N–H and O–H groups in total. The van der Waals surface area contributed by atoms with Gasteiger partial charge in [-0.05, 0) is 24.5 Å². The molecule has 0 aliphatic carbocycles. The lowest BCUT2D eigenvalue weighted by atomic mass is 10.00. The van der Waals surface area contributed by atoms with E-state index in [-0.39, 0.29) is 23.9 Å². The van der Waals surface area contributed by atoms with E-state index >= 15 is 0 Å². The number of rotatable bonds is 3. The average Bonchev–Trinajstić information content (AvgIpc) is 3.02. The molecular weight excluding hydrogens is 342 g/mol. The number of nitrogens with zero attached hydrogens (tertiary/aromatic N) is 3. The fourth-order valence-electron chi connectivity index (χ4n) is 3.51. The van der Waals surface area contributed by atoms with Gasteiger partial charge in [-0.25, -0.2) is 9.78 Å². The minimum Gasteiger partial charge on any atom is -0.353 e. The van der Waals surface area contributed by atoms with E-state index < -0.39 is 6.04 Å². The number of carbonyl (C=O) groups is 2. The van der Waals surface area contributed by atoms with Gasteiger partial charge < -0.3 is 20.4 Å². The van der Waals surface area contributed by atoms with Gasteiger partial charge in [0, 0.05) is 38.4 Å². The Balaban J connectivity index is 1.62. The molecule has 2 atom stereocenters. The van der Waals surface area contributed by atoms with Crippen molar-refractivity contribution in [1.82, 2.24) is 20.5 Å². The van der Waals surface area contributed by atoms with Crippen molar-refractivity contribution >= 4 is 29.4 Å². The highest BCUT2D eigenvalue weighted by Gasteiger charge is 2.36. The summed E-state index contributed by atoms with van der Waals surface area (Å²) in [5, 5.41) is 6.52. The quantitative estimate of drug-likeness (QED) is 0.850. The molecule has 0 spiro atoms. The van der Waals surface area contributed by atoms with Crippen LogP contribution in [0.1, 0.15) is 20.3 Å². The summed E-state index contributed by atoms with van der Waals surface area (Å²) in [6.07, 6.45) is 2.54. The van der Waals surface area contributed by atoms with E-state index in [1.54, 1.807) is 17.2 Å². The molecule has 136 valence electrons. The third-order valence-electron chi connectivity index (χ3n) is 4.70. The Morgan fingerprint density at radius 3 is 2.96 bits per heavy atom. The molecule has 0 bridgehead atoms. The van der Waals surface area contributed by atoms with Gasteiger partial charge in [0.15, 0.2) is 0 Å². The number of nitrogens with one attached hydrogen (secondary N) is 2. The van der Waals surface area contributed by atoms with E-state index in [9.17, 15) is 9.59 Å². The molecule has 2 aliphatic rings. The van der Waals surface area contributed by atoms with Crippen LogP contribution in [-0.4, -0.2) is 60.1 Å². The van der Waals surface area contributed by atoms with Crippen LogP contribution in [0.25, 0.3) is 0 Å². The molecule has 3 heterocycles. The predicted molar refractivity (Wildman–Crippen MR) is 96.7 cm³/mol. The van der Waals surface area contributed by atoms with E-state index in [0.29, 0.717) is 24.7 Å². The van der Waals surface area contributed by atoms with Gasteiger partial charge in [-0.2, -0.15) is 0 Å². The lowest BCUT2D eigenvalue weighted by Gasteiger charge is -2.37. The van der Waals surface area contributed by atoms with Crippen molar-refractivity contribution in [3.63, 3.8) is 0 Å². The number of hydrogen-bond acceptors (Lipinski definition) is 4. The van der Waals surface area contributed by atoms with Crippen molar-refractivity contribution in [2.45, 2.75) is 32.4 Å². The van der Waals surface area contributed by atoms with Crippen LogP contribution in [0.5, 0.6) is 0 Å². The SMILES string of the molecule is CC(C)[C@@H]1C(=O)NCCN1C(=O)N[C@H]1CCN(c2ncccc2Cl)C1. The zero-order valence-corrected chi connectivity index (χ0v) is 15.3. The molecule has 1 aromatic heterocycles. The Morgan fingerprint density at radius 2 is 2.24 bits per heavy atom. The van der Waals surface area contributed by atoms with E-state index in [1.165, 1.54) is 0 Å². The lowest BCUT2D eigenvalue weighted by molar-refractivity contribution is -0.129. The number of amides is 3. The Bertz CT molecular complexity index is 654. The highest BCUT2D eigenvalue weighted by Crippen LogP contribution is 2.26.